The summed E-state index contributed by atoms with van der Waals surface area (Å²) in [6.07, 6.45) is 2.23. The maximum Gasteiger partial charge on any atom is 0.257 e. The van der Waals surface area contributed by atoms with Crippen molar-refractivity contribution in [2.75, 3.05) is 19.6 Å². The molecular formula is C22H26N4O2. The molecule has 0 radical (unpaired) electrons. The van der Waals surface area contributed by atoms with Gasteiger partial charge in [-0.3, -0.25) is 9.69 Å². The van der Waals surface area contributed by atoms with E-state index in [1.807, 2.05) is 62.1 Å². The van der Waals surface area contributed by atoms with Crippen molar-refractivity contribution < 1.29 is 9.21 Å². The first-order valence-electron chi connectivity index (χ1n) is 9.63. The van der Waals surface area contributed by atoms with Crippen LogP contribution in [0.5, 0.6) is 0 Å². The highest BCUT2D eigenvalue weighted by molar-refractivity contribution is 6.03. The Labute approximate surface area is 166 Å². The predicted molar refractivity (Wildman–Crippen MR) is 108 cm³/mol. The van der Waals surface area contributed by atoms with Crippen LogP contribution in [0.25, 0.3) is 0 Å². The fourth-order valence-electron chi connectivity index (χ4n) is 3.36. The van der Waals surface area contributed by atoms with Crippen molar-refractivity contribution in [3.8, 4) is 6.07 Å². The van der Waals surface area contributed by atoms with Gasteiger partial charge in [-0.25, -0.2) is 5.01 Å². The number of benzene rings is 1. The Morgan fingerprint density at radius 1 is 1.39 bits per heavy atom. The Morgan fingerprint density at radius 3 is 2.75 bits per heavy atom. The van der Waals surface area contributed by atoms with E-state index in [9.17, 15) is 4.79 Å². The maximum absolute atomic E-state index is 13.1. The van der Waals surface area contributed by atoms with E-state index in [2.05, 4.69) is 11.2 Å². The first kappa shape index (κ1) is 19.8. The van der Waals surface area contributed by atoms with Gasteiger partial charge >= 0.3 is 0 Å². The third-order valence-electron chi connectivity index (χ3n) is 4.98. The summed E-state index contributed by atoms with van der Waals surface area (Å²) < 4.78 is 5.59. The summed E-state index contributed by atoms with van der Waals surface area (Å²) in [5, 5.41) is 15.3. The first-order valence-corrected chi connectivity index (χ1v) is 9.63. The van der Waals surface area contributed by atoms with Crippen molar-refractivity contribution in [2.24, 2.45) is 11.0 Å². The number of hydrogen-bond donors (Lipinski definition) is 0. The van der Waals surface area contributed by atoms with Gasteiger partial charge < -0.3 is 4.42 Å². The van der Waals surface area contributed by atoms with Gasteiger partial charge in [-0.2, -0.15) is 10.4 Å². The van der Waals surface area contributed by atoms with Crippen LogP contribution in [0.4, 0.5) is 0 Å². The quantitative estimate of drug-likeness (QED) is 0.735. The van der Waals surface area contributed by atoms with Crippen LogP contribution in [-0.2, 0) is 4.79 Å². The number of furan rings is 1. The summed E-state index contributed by atoms with van der Waals surface area (Å²) >= 11 is 0. The summed E-state index contributed by atoms with van der Waals surface area (Å²) in [4.78, 5) is 15.1. The zero-order chi connectivity index (χ0) is 20.1. The van der Waals surface area contributed by atoms with Gasteiger partial charge in [-0.15, -0.1) is 0 Å². The van der Waals surface area contributed by atoms with Crippen molar-refractivity contribution in [1.29, 1.82) is 5.26 Å². The van der Waals surface area contributed by atoms with Crippen LogP contribution in [0.3, 0.4) is 0 Å². The second-order valence-corrected chi connectivity index (χ2v) is 7.24. The number of nitrogens with zero attached hydrogens (tertiary/aromatic N) is 4. The number of hydrogen-bond acceptors (Lipinski definition) is 5. The summed E-state index contributed by atoms with van der Waals surface area (Å²) in [5.74, 6) is 0.516. The van der Waals surface area contributed by atoms with Crippen molar-refractivity contribution >= 4 is 11.6 Å². The Kier molecular flexibility index (Phi) is 6.27. The summed E-state index contributed by atoms with van der Waals surface area (Å²) in [7, 11) is 0. The number of carbonyl (C=O) groups excluding carboxylic acids is 1. The Bertz CT molecular complexity index is 865. The first-order chi connectivity index (χ1) is 13.5. The molecule has 2 atom stereocenters. The monoisotopic (exact) mass is 378 g/mol. The topological polar surface area (TPSA) is 72.8 Å². The maximum atomic E-state index is 13.1. The molecule has 6 heteroatoms. The normalized spacial score (nSPS) is 17.5. The highest BCUT2D eigenvalue weighted by Crippen LogP contribution is 2.33. The lowest BCUT2D eigenvalue weighted by atomic mass is 10.0. The number of likely N-dealkylation sites (N-methyl/N-ethyl adjacent to an activating group) is 1. The molecule has 0 saturated carbocycles. The molecule has 2 aromatic rings. The molecule has 0 spiro atoms. The van der Waals surface area contributed by atoms with Crippen molar-refractivity contribution in [1.82, 2.24) is 9.91 Å². The van der Waals surface area contributed by atoms with Gasteiger partial charge in [0.25, 0.3) is 5.91 Å². The lowest BCUT2D eigenvalue weighted by Crippen LogP contribution is -2.39. The molecule has 1 aromatic heterocycles. The highest BCUT2D eigenvalue weighted by Gasteiger charge is 2.35. The molecule has 1 amide bonds. The van der Waals surface area contributed by atoms with E-state index in [-0.39, 0.29) is 24.4 Å². The van der Waals surface area contributed by atoms with Gasteiger partial charge in [-0.1, -0.05) is 36.8 Å². The minimum atomic E-state index is -0.245. The lowest BCUT2D eigenvalue weighted by molar-refractivity contribution is -0.134. The predicted octanol–water partition coefficient (Wildman–Crippen LogP) is 3.75. The average molecular weight is 378 g/mol. The van der Waals surface area contributed by atoms with E-state index in [4.69, 9.17) is 9.68 Å². The molecule has 1 aliphatic heterocycles. The number of rotatable bonds is 7. The molecule has 0 N–H and O–H groups in total. The van der Waals surface area contributed by atoms with E-state index < -0.39 is 0 Å². The van der Waals surface area contributed by atoms with E-state index in [0.29, 0.717) is 19.5 Å². The summed E-state index contributed by atoms with van der Waals surface area (Å²) in [6.45, 7) is 7.39. The van der Waals surface area contributed by atoms with Crippen LogP contribution in [0.15, 0.2) is 52.2 Å². The van der Waals surface area contributed by atoms with E-state index in [0.717, 1.165) is 17.0 Å². The van der Waals surface area contributed by atoms with Gasteiger partial charge in [0.15, 0.2) is 0 Å². The molecule has 146 valence electrons. The standard InChI is InChI=1S/C22H26N4O2/c1-4-25(14-17(3)13-23)15-22(27)26-20(21-6-5-11-28-21)12-19(24-26)18-9-7-16(2)8-10-18/h5-11,17,20H,4,12,14-15H2,1-3H3/t17-,20+/m1/s1. The third kappa shape index (κ3) is 4.49. The van der Waals surface area contributed by atoms with Crippen LogP contribution in [-0.4, -0.2) is 41.2 Å². The Hall–Kier alpha value is -2.91. The van der Waals surface area contributed by atoms with Crippen LogP contribution < -0.4 is 0 Å². The SMILES string of the molecule is CCN(CC(=O)N1N=C(c2ccc(C)cc2)C[C@H]1c1ccco1)C[C@H](C)C#N. The van der Waals surface area contributed by atoms with Crippen LogP contribution in [0.1, 0.15) is 43.2 Å². The van der Waals surface area contributed by atoms with Gasteiger partial charge in [0, 0.05) is 13.0 Å². The number of hydrazone groups is 1. The van der Waals surface area contributed by atoms with Crippen LogP contribution in [0.2, 0.25) is 0 Å². The van der Waals surface area contributed by atoms with Crippen LogP contribution >= 0.6 is 0 Å². The fraction of sp³-hybridized carbons (Fsp3) is 0.409. The van der Waals surface area contributed by atoms with Gasteiger partial charge in [0.1, 0.15) is 11.8 Å². The van der Waals surface area contributed by atoms with Crippen molar-refractivity contribution in [3.05, 3.63) is 59.5 Å². The zero-order valence-corrected chi connectivity index (χ0v) is 16.6. The fourth-order valence-corrected chi connectivity index (χ4v) is 3.36. The molecule has 3 rings (SSSR count). The second kappa shape index (κ2) is 8.85. The molecule has 0 bridgehead atoms. The molecule has 6 nitrogen and oxygen atoms in total. The minimum Gasteiger partial charge on any atom is -0.467 e. The lowest BCUT2D eigenvalue weighted by Gasteiger charge is -2.25. The Morgan fingerprint density at radius 2 is 2.14 bits per heavy atom. The molecule has 0 saturated heterocycles. The van der Waals surface area contributed by atoms with Gasteiger partial charge in [0.2, 0.25) is 0 Å². The second-order valence-electron chi connectivity index (χ2n) is 7.24. The van der Waals surface area contributed by atoms with Crippen molar-refractivity contribution in [3.63, 3.8) is 0 Å². The Balaban J connectivity index is 1.82. The number of amides is 1. The summed E-state index contributed by atoms with van der Waals surface area (Å²) in [5.41, 5.74) is 3.08. The van der Waals surface area contributed by atoms with Crippen molar-refractivity contribution in [2.45, 2.75) is 33.2 Å². The minimum absolute atomic E-state index is 0.0875. The highest BCUT2D eigenvalue weighted by atomic mass is 16.3. The largest absolute Gasteiger partial charge is 0.467 e. The molecule has 1 aromatic carbocycles. The zero-order valence-electron chi connectivity index (χ0n) is 16.6. The van der Waals surface area contributed by atoms with Gasteiger partial charge in [0.05, 0.1) is 30.5 Å². The van der Waals surface area contributed by atoms with E-state index in [1.165, 1.54) is 5.56 Å². The van der Waals surface area contributed by atoms with E-state index >= 15 is 0 Å². The molecule has 28 heavy (non-hydrogen) atoms. The molecule has 0 aliphatic carbocycles. The number of aryl methyl sites for hydroxylation is 1. The third-order valence-corrected chi connectivity index (χ3v) is 4.98. The molecule has 2 heterocycles. The number of carbonyl (C=O) groups is 1. The average Bonchev–Trinajstić information content (AvgIpc) is 3.37. The molecule has 1 aliphatic rings. The summed E-state index contributed by atoms with van der Waals surface area (Å²) in [6, 6.07) is 13.9. The smallest absolute Gasteiger partial charge is 0.257 e. The van der Waals surface area contributed by atoms with E-state index in [1.54, 1.807) is 11.3 Å². The number of nitriles is 1. The molecule has 0 unspecified atom stereocenters. The molecule has 0 fully saturated rings. The molecular weight excluding hydrogens is 352 g/mol. The van der Waals surface area contributed by atoms with Crippen LogP contribution in [0, 0.1) is 24.2 Å². The van der Waals surface area contributed by atoms with Gasteiger partial charge in [-0.05, 0) is 38.1 Å².